The van der Waals surface area contributed by atoms with Crippen molar-refractivity contribution in [1.29, 1.82) is 0 Å². The van der Waals surface area contributed by atoms with E-state index in [4.69, 9.17) is 4.52 Å². The number of hydrogen-bond acceptors (Lipinski definition) is 6. The summed E-state index contributed by atoms with van der Waals surface area (Å²) in [5, 5.41) is 7.01. The Balaban J connectivity index is 1.75. The molecule has 0 spiro atoms. The van der Waals surface area contributed by atoms with Gasteiger partial charge < -0.3 is 14.7 Å². The van der Waals surface area contributed by atoms with Crippen LogP contribution in [0.5, 0.6) is 0 Å². The fourth-order valence-electron chi connectivity index (χ4n) is 2.22. The Morgan fingerprint density at radius 2 is 2.05 bits per heavy atom. The second-order valence-electron chi connectivity index (χ2n) is 4.74. The lowest BCUT2D eigenvalue weighted by atomic mass is 10.1. The van der Waals surface area contributed by atoms with Gasteiger partial charge in [0.15, 0.2) is 5.82 Å². The molecule has 1 aliphatic heterocycles. The molecule has 0 saturated carbocycles. The molecule has 3 heterocycles. The molecule has 1 N–H and O–H groups in total. The van der Waals surface area contributed by atoms with Gasteiger partial charge >= 0.3 is 0 Å². The highest BCUT2D eigenvalue weighted by molar-refractivity contribution is 5.52. The van der Waals surface area contributed by atoms with Crippen LogP contribution in [-0.4, -0.2) is 28.2 Å². The fourth-order valence-corrected chi connectivity index (χ4v) is 2.22. The largest absolute Gasteiger partial charge is 0.360 e. The first kappa shape index (κ1) is 12.0. The molecule has 0 atom stereocenters. The van der Waals surface area contributed by atoms with Crippen LogP contribution in [0.3, 0.4) is 0 Å². The van der Waals surface area contributed by atoms with Crippen LogP contribution in [0.25, 0.3) is 0 Å². The average molecular weight is 259 g/mol. The molecule has 0 radical (unpaired) electrons. The normalized spacial score (nSPS) is 15.5. The Hall–Kier alpha value is -2.11. The molecule has 2 aromatic heterocycles. The topological polar surface area (TPSA) is 67.1 Å². The smallest absolute Gasteiger partial charge is 0.227 e. The maximum atomic E-state index is 5.02. The summed E-state index contributed by atoms with van der Waals surface area (Å²) in [5.41, 5.74) is 0. The van der Waals surface area contributed by atoms with Gasteiger partial charge in [0.1, 0.15) is 11.6 Å². The van der Waals surface area contributed by atoms with Gasteiger partial charge in [-0.15, -0.1) is 0 Å². The minimum Gasteiger partial charge on any atom is -0.360 e. The van der Waals surface area contributed by atoms with Crippen LogP contribution in [-0.2, 0) is 0 Å². The minimum absolute atomic E-state index is 0.667. The third-order valence-corrected chi connectivity index (χ3v) is 3.17. The number of aromatic nitrogens is 3. The molecule has 6 heteroatoms. The van der Waals surface area contributed by atoms with Gasteiger partial charge in [0, 0.05) is 25.4 Å². The number of nitrogens with zero attached hydrogens (tertiary/aromatic N) is 4. The fraction of sp³-hybridized carbons (Fsp3) is 0.462. The molecule has 0 aliphatic carbocycles. The minimum atomic E-state index is 0.667. The first-order chi connectivity index (χ1) is 9.31. The zero-order chi connectivity index (χ0) is 13.1. The number of nitrogens with one attached hydrogen (secondary N) is 1. The molecular formula is C13H17N5O. The van der Waals surface area contributed by atoms with E-state index >= 15 is 0 Å². The molecule has 1 fully saturated rings. The summed E-state index contributed by atoms with van der Waals surface area (Å²) in [7, 11) is 0. The van der Waals surface area contributed by atoms with Crippen LogP contribution in [0.4, 0.5) is 17.6 Å². The summed E-state index contributed by atoms with van der Waals surface area (Å²) in [6.07, 6.45) is 5.49. The lowest BCUT2D eigenvalue weighted by Crippen LogP contribution is -2.31. The number of rotatable bonds is 3. The molecular weight excluding hydrogens is 242 g/mol. The predicted octanol–water partition coefficient (Wildman–Crippen LogP) is 2.51. The quantitative estimate of drug-likeness (QED) is 0.913. The summed E-state index contributed by atoms with van der Waals surface area (Å²) < 4.78 is 5.02. The van der Waals surface area contributed by atoms with E-state index in [9.17, 15) is 0 Å². The number of aryl methyl sites for hydroxylation is 1. The van der Waals surface area contributed by atoms with E-state index in [2.05, 4.69) is 25.3 Å². The van der Waals surface area contributed by atoms with Crippen LogP contribution in [0, 0.1) is 6.92 Å². The van der Waals surface area contributed by atoms with Crippen molar-refractivity contribution in [3.05, 3.63) is 24.1 Å². The maximum absolute atomic E-state index is 5.02. The summed E-state index contributed by atoms with van der Waals surface area (Å²) in [5.74, 6) is 2.96. The first-order valence-corrected chi connectivity index (χ1v) is 6.59. The number of piperidine rings is 1. The summed E-state index contributed by atoms with van der Waals surface area (Å²) >= 11 is 0. The van der Waals surface area contributed by atoms with Crippen molar-refractivity contribution in [2.75, 3.05) is 23.3 Å². The van der Waals surface area contributed by atoms with E-state index in [0.717, 1.165) is 30.6 Å². The molecule has 0 bridgehead atoms. The molecule has 2 aromatic rings. The molecule has 1 saturated heterocycles. The Labute approximate surface area is 111 Å². The van der Waals surface area contributed by atoms with Gasteiger partial charge in [-0.3, -0.25) is 0 Å². The Kier molecular flexibility index (Phi) is 3.31. The lowest BCUT2D eigenvalue weighted by Gasteiger charge is -2.26. The Bertz CT molecular complexity index is 547. The van der Waals surface area contributed by atoms with Gasteiger partial charge in [-0.2, -0.15) is 4.98 Å². The van der Waals surface area contributed by atoms with Crippen molar-refractivity contribution in [2.45, 2.75) is 26.2 Å². The highest BCUT2D eigenvalue weighted by atomic mass is 16.5. The monoisotopic (exact) mass is 259 g/mol. The Morgan fingerprint density at radius 3 is 2.79 bits per heavy atom. The molecule has 6 nitrogen and oxygen atoms in total. The summed E-state index contributed by atoms with van der Waals surface area (Å²) in [6.45, 7) is 3.93. The van der Waals surface area contributed by atoms with Gasteiger partial charge in [0.2, 0.25) is 5.95 Å². The van der Waals surface area contributed by atoms with Crippen molar-refractivity contribution in [3.63, 3.8) is 0 Å². The van der Waals surface area contributed by atoms with Crippen molar-refractivity contribution in [2.24, 2.45) is 0 Å². The third-order valence-electron chi connectivity index (χ3n) is 3.17. The van der Waals surface area contributed by atoms with E-state index in [0.29, 0.717) is 5.82 Å². The summed E-state index contributed by atoms with van der Waals surface area (Å²) in [4.78, 5) is 11.1. The van der Waals surface area contributed by atoms with E-state index in [1.54, 1.807) is 6.20 Å². The van der Waals surface area contributed by atoms with Crippen LogP contribution in [0.2, 0.25) is 0 Å². The second-order valence-corrected chi connectivity index (χ2v) is 4.74. The number of anilines is 3. The predicted molar refractivity (Wildman–Crippen MR) is 72.6 cm³/mol. The van der Waals surface area contributed by atoms with Crippen molar-refractivity contribution in [3.8, 4) is 0 Å². The number of hydrogen-bond donors (Lipinski definition) is 1. The van der Waals surface area contributed by atoms with Crippen LogP contribution in [0.1, 0.15) is 25.0 Å². The van der Waals surface area contributed by atoms with E-state index in [-0.39, 0.29) is 0 Å². The van der Waals surface area contributed by atoms with E-state index in [1.807, 2.05) is 19.1 Å². The van der Waals surface area contributed by atoms with Gasteiger partial charge in [-0.25, -0.2) is 4.98 Å². The molecule has 0 amide bonds. The van der Waals surface area contributed by atoms with Gasteiger partial charge in [0.25, 0.3) is 0 Å². The maximum Gasteiger partial charge on any atom is 0.227 e. The van der Waals surface area contributed by atoms with Crippen molar-refractivity contribution in [1.82, 2.24) is 15.1 Å². The van der Waals surface area contributed by atoms with Gasteiger partial charge in [-0.1, -0.05) is 5.16 Å². The molecule has 0 unspecified atom stereocenters. The highest BCUT2D eigenvalue weighted by Gasteiger charge is 2.13. The first-order valence-electron chi connectivity index (χ1n) is 6.59. The molecule has 19 heavy (non-hydrogen) atoms. The zero-order valence-electron chi connectivity index (χ0n) is 11.0. The lowest BCUT2D eigenvalue weighted by molar-refractivity contribution is 0.400. The Morgan fingerprint density at radius 1 is 1.21 bits per heavy atom. The SMILES string of the molecule is Cc1cc(Nc2ccnc(N3CCCCC3)n2)no1. The zero-order valence-corrected chi connectivity index (χ0v) is 11.0. The van der Waals surface area contributed by atoms with Crippen molar-refractivity contribution < 1.29 is 4.52 Å². The third kappa shape index (κ3) is 2.83. The van der Waals surface area contributed by atoms with Crippen LogP contribution in [0.15, 0.2) is 22.9 Å². The average Bonchev–Trinajstić information content (AvgIpc) is 2.85. The standard InChI is InChI=1S/C13H17N5O/c1-10-9-12(17-19-10)15-11-5-6-14-13(16-11)18-7-3-2-4-8-18/h5-6,9H,2-4,7-8H2,1H3,(H,14,15,16,17). The van der Waals surface area contributed by atoms with Gasteiger partial charge in [0.05, 0.1) is 0 Å². The highest BCUT2D eigenvalue weighted by Crippen LogP contribution is 2.19. The van der Waals surface area contributed by atoms with Crippen LogP contribution >= 0.6 is 0 Å². The molecule has 1 aliphatic rings. The molecule has 0 aromatic carbocycles. The summed E-state index contributed by atoms with van der Waals surface area (Å²) in [6, 6.07) is 3.67. The van der Waals surface area contributed by atoms with Crippen molar-refractivity contribution >= 4 is 17.6 Å². The van der Waals surface area contributed by atoms with E-state index < -0.39 is 0 Å². The van der Waals surface area contributed by atoms with E-state index in [1.165, 1.54) is 19.3 Å². The molecule has 100 valence electrons. The molecule has 3 rings (SSSR count). The second kappa shape index (κ2) is 5.26. The van der Waals surface area contributed by atoms with Crippen LogP contribution < -0.4 is 10.2 Å². The van der Waals surface area contributed by atoms with Gasteiger partial charge in [-0.05, 0) is 32.3 Å².